The molecule has 13 heavy (non-hydrogen) atoms. The van der Waals surface area contributed by atoms with E-state index in [2.05, 4.69) is 5.32 Å². The molecule has 0 unspecified atom stereocenters. The Morgan fingerprint density at radius 1 is 1.54 bits per heavy atom. The lowest BCUT2D eigenvalue weighted by molar-refractivity contribution is -0.132. The fraction of sp³-hybridized carbons (Fsp3) is 0.889. The second kappa shape index (κ2) is 5.19. The van der Waals surface area contributed by atoms with Crippen LogP contribution in [-0.4, -0.2) is 48.2 Å². The Morgan fingerprint density at radius 3 is 2.69 bits per heavy atom. The molecular weight excluding hydrogens is 168 g/mol. The van der Waals surface area contributed by atoms with E-state index >= 15 is 0 Å². The van der Waals surface area contributed by atoms with Crippen molar-refractivity contribution < 1.29 is 9.90 Å². The predicted molar refractivity (Wildman–Crippen MR) is 50.4 cm³/mol. The van der Waals surface area contributed by atoms with Gasteiger partial charge in [0.2, 0.25) is 5.91 Å². The first-order valence-electron chi connectivity index (χ1n) is 4.90. The maximum atomic E-state index is 11.4. The maximum absolute atomic E-state index is 11.4. The van der Waals surface area contributed by atoms with Gasteiger partial charge in [-0.3, -0.25) is 4.79 Å². The molecule has 4 heteroatoms. The van der Waals surface area contributed by atoms with Gasteiger partial charge in [-0.25, -0.2) is 0 Å². The summed E-state index contributed by atoms with van der Waals surface area (Å²) in [5, 5.41) is 12.2. The van der Waals surface area contributed by atoms with Crippen LogP contribution in [0.15, 0.2) is 0 Å². The number of carbonyl (C=O) groups excluding carboxylic acids is 1. The summed E-state index contributed by atoms with van der Waals surface area (Å²) in [5.41, 5.74) is 0. The van der Waals surface area contributed by atoms with Crippen molar-refractivity contribution in [3.8, 4) is 0 Å². The number of piperidine rings is 1. The van der Waals surface area contributed by atoms with Gasteiger partial charge in [-0.1, -0.05) is 6.92 Å². The largest absolute Gasteiger partial charge is 0.393 e. The van der Waals surface area contributed by atoms with Crippen molar-refractivity contribution in [2.24, 2.45) is 0 Å². The third kappa shape index (κ3) is 3.32. The average molecular weight is 186 g/mol. The maximum Gasteiger partial charge on any atom is 0.236 e. The first-order chi connectivity index (χ1) is 6.24. The van der Waals surface area contributed by atoms with Crippen LogP contribution in [-0.2, 0) is 4.79 Å². The van der Waals surface area contributed by atoms with Crippen LogP contribution < -0.4 is 5.32 Å². The number of rotatable bonds is 3. The van der Waals surface area contributed by atoms with Gasteiger partial charge in [0.15, 0.2) is 0 Å². The number of nitrogens with zero attached hydrogens (tertiary/aromatic N) is 1. The smallest absolute Gasteiger partial charge is 0.236 e. The van der Waals surface area contributed by atoms with Gasteiger partial charge in [-0.15, -0.1) is 0 Å². The molecule has 1 aliphatic rings. The van der Waals surface area contributed by atoms with E-state index in [0.717, 1.165) is 19.4 Å². The zero-order valence-corrected chi connectivity index (χ0v) is 8.12. The monoisotopic (exact) mass is 186 g/mol. The summed E-state index contributed by atoms with van der Waals surface area (Å²) in [5.74, 6) is 0.147. The molecule has 1 saturated heterocycles. The first kappa shape index (κ1) is 10.5. The number of aliphatic hydroxyl groups is 1. The average Bonchev–Trinajstić information content (AvgIpc) is 2.15. The van der Waals surface area contributed by atoms with E-state index in [0.29, 0.717) is 19.6 Å². The molecule has 0 aromatic heterocycles. The minimum absolute atomic E-state index is 0.147. The van der Waals surface area contributed by atoms with E-state index < -0.39 is 0 Å². The van der Waals surface area contributed by atoms with Gasteiger partial charge in [0.25, 0.3) is 0 Å². The Morgan fingerprint density at radius 2 is 2.15 bits per heavy atom. The number of aliphatic hydroxyl groups excluding tert-OH is 1. The molecule has 76 valence electrons. The van der Waals surface area contributed by atoms with Gasteiger partial charge in [0, 0.05) is 13.1 Å². The first-order valence-corrected chi connectivity index (χ1v) is 4.90. The molecule has 1 amide bonds. The van der Waals surface area contributed by atoms with Gasteiger partial charge in [0.05, 0.1) is 12.6 Å². The van der Waals surface area contributed by atoms with Gasteiger partial charge in [-0.2, -0.15) is 0 Å². The van der Waals surface area contributed by atoms with Crippen LogP contribution in [0.5, 0.6) is 0 Å². The Hall–Kier alpha value is -0.610. The summed E-state index contributed by atoms with van der Waals surface area (Å²) in [7, 11) is 0. The van der Waals surface area contributed by atoms with Crippen molar-refractivity contribution >= 4 is 5.91 Å². The summed E-state index contributed by atoms with van der Waals surface area (Å²) in [4.78, 5) is 13.3. The van der Waals surface area contributed by atoms with Crippen LogP contribution in [0.3, 0.4) is 0 Å². The van der Waals surface area contributed by atoms with Crippen LogP contribution in [0.25, 0.3) is 0 Å². The van der Waals surface area contributed by atoms with Crippen molar-refractivity contribution in [2.45, 2.75) is 25.9 Å². The number of amides is 1. The van der Waals surface area contributed by atoms with E-state index in [1.165, 1.54) is 0 Å². The molecule has 1 fully saturated rings. The molecule has 0 spiro atoms. The molecule has 0 saturated carbocycles. The highest BCUT2D eigenvalue weighted by atomic mass is 16.3. The van der Waals surface area contributed by atoms with Crippen LogP contribution in [0.2, 0.25) is 0 Å². The standard InChI is InChI=1S/C9H18N2O2/c1-2-10-7-9(13)11-5-3-8(12)4-6-11/h8,10,12H,2-7H2,1H3. The highest BCUT2D eigenvalue weighted by Gasteiger charge is 2.20. The van der Waals surface area contributed by atoms with E-state index in [-0.39, 0.29) is 12.0 Å². The van der Waals surface area contributed by atoms with Gasteiger partial charge >= 0.3 is 0 Å². The van der Waals surface area contributed by atoms with Crippen LogP contribution in [0.1, 0.15) is 19.8 Å². The number of carbonyl (C=O) groups is 1. The second-order valence-electron chi connectivity index (χ2n) is 3.39. The minimum Gasteiger partial charge on any atom is -0.393 e. The van der Waals surface area contributed by atoms with Gasteiger partial charge < -0.3 is 15.3 Å². The molecule has 0 bridgehead atoms. The molecule has 4 nitrogen and oxygen atoms in total. The number of nitrogens with one attached hydrogen (secondary N) is 1. The van der Waals surface area contributed by atoms with Crippen LogP contribution in [0, 0.1) is 0 Å². The van der Waals surface area contributed by atoms with Gasteiger partial charge in [-0.05, 0) is 19.4 Å². The number of hydrogen-bond acceptors (Lipinski definition) is 3. The summed E-state index contributed by atoms with van der Waals surface area (Å²) in [6.45, 7) is 4.62. The van der Waals surface area contributed by atoms with E-state index in [1.54, 1.807) is 0 Å². The van der Waals surface area contributed by atoms with Crippen molar-refractivity contribution in [3.05, 3.63) is 0 Å². The van der Waals surface area contributed by atoms with Crippen molar-refractivity contribution in [2.75, 3.05) is 26.2 Å². The van der Waals surface area contributed by atoms with Crippen molar-refractivity contribution in [1.82, 2.24) is 10.2 Å². The molecule has 2 N–H and O–H groups in total. The van der Waals surface area contributed by atoms with Crippen molar-refractivity contribution in [1.29, 1.82) is 0 Å². The Labute approximate surface area is 78.9 Å². The molecule has 0 aliphatic carbocycles. The Bertz CT molecular complexity index is 165. The van der Waals surface area contributed by atoms with Gasteiger partial charge in [0.1, 0.15) is 0 Å². The summed E-state index contributed by atoms with van der Waals surface area (Å²) in [6.07, 6.45) is 1.23. The number of hydrogen-bond donors (Lipinski definition) is 2. The van der Waals surface area contributed by atoms with Crippen LogP contribution in [0.4, 0.5) is 0 Å². The fourth-order valence-electron chi connectivity index (χ4n) is 1.46. The lowest BCUT2D eigenvalue weighted by atomic mass is 10.1. The Balaban J connectivity index is 2.23. The lowest BCUT2D eigenvalue weighted by Crippen LogP contribution is -2.44. The molecule has 1 heterocycles. The fourth-order valence-corrected chi connectivity index (χ4v) is 1.46. The zero-order valence-electron chi connectivity index (χ0n) is 8.12. The highest BCUT2D eigenvalue weighted by Crippen LogP contribution is 2.09. The third-order valence-electron chi connectivity index (χ3n) is 2.34. The van der Waals surface area contributed by atoms with E-state index in [4.69, 9.17) is 0 Å². The van der Waals surface area contributed by atoms with Crippen molar-refractivity contribution in [3.63, 3.8) is 0 Å². The predicted octanol–water partition coefficient (Wildman–Crippen LogP) is -0.421. The zero-order chi connectivity index (χ0) is 9.68. The third-order valence-corrected chi connectivity index (χ3v) is 2.34. The Kier molecular flexibility index (Phi) is 4.18. The van der Waals surface area contributed by atoms with E-state index in [1.807, 2.05) is 11.8 Å². The molecule has 0 radical (unpaired) electrons. The minimum atomic E-state index is -0.205. The van der Waals surface area contributed by atoms with E-state index in [9.17, 15) is 9.90 Å². The summed E-state index contributed by atoms with van der Waals surface area (Å²) >= 11 is 0. The highest BCUT2D eigenvalue weighted by molar-refractivity contribution is 5.78. The topological polar surface area (TPSA) is 52.6 Å². The molecule has 0 aromatic carbocycles. The van der Waals surface area contributed by atoms with Crippen LogP contribution >= 0.6 is 0 Å². The molecule has 1 rings (SSSR count). The lowest BCUT2D eigenvalue weighted by Gasteiger charge is -2.29. The molecule has 0 aromatic rings. The summed E-state index contributed by atoms with van der Waals surface area (Å²) < 4.78 is 0. The molecule has 1 aliphatic heterocycles. The number of likely N-dealkylation sites (tertiary alicyclic amines) is 1. The summed E-state index contributed by atoms with van der Waals surface area (Å²) in [6, 6.07) is 0. The normalized spacial score (nSPS) is 19.1. The quantitative estimate of drug-likeness (QED) is 0.629. The second-order valence-corrected chi connectivity index (χ2v) is 3.39. The number of likely N-dealkylation sites (N-methyl/N-ethyl adjacent to an activating group) is 1. The SMILES string of the molecule is CCNCC(=O)N1CCC(O)CC1. The molecular formula is C9H18N2O2. The molecule has 0 atom stereocenters.